The predicted octanol–water partition coefficient (Wildman–Crippen LogP) is 2.98. The second-order valence-corrected chi connectivity index (χ2v) is 6.78. The Labute approximate surface area is 135 Å². The summed E-state index contributed by atoms with van der Waals surface area (Å²) in [7, 11) is 0. The van der Waals surface area contributed by atoms with E-state index >= 15 is 0 Å². The molecular formula is C18H21N3O2. The molecule has 0 spiro atoms. The first-order valence-corrected chi connectivity index (χ1v) is 7.91. The van der Waals surface area contributed by atoms with Crippen molar-refractivity contribution in [3.05, 3.63) is 52.8 Å². The zero-order valence-corrected chi connectivity index (χ0v) is 13.7. The first-order valence-electron chi connectivity index (χ1n) is 7.91. The average molecular weight is 311 g/mol. The van der Waals surface area contributed by atoms with E-state index < -0.39 is 0 Å². The highest BCUT2D eigenvalue weighted by atomic mass is 16.2. The van der Waals surface area contributed by atoms with E-state index in [1.807, 2.05) is 25.1 Å². The van der Waals surface area contributed by atoms with Gasteiger partial charge in [0.1, 0.15) is 0 Å². The minimum Gasteiger partial charge on any atom is -0.294 e. The molecule has 1 N–H and O–H groups in total. The van der Waals surface area contributed by atoms with Gasteiger partial charge in [-0.15, -0.1) is 0 Å². The monoisotopic (exact) mass is 311 g/mol. The highest BCUT2D eigenvalue weighted by molar-refractivity contribution is 6.01. The van der Waals surface area contributed by atoms with Crippen LogP contribution in [0.25, 0.3) is 0 Å². The van der Waals surface area contributed by atoms with Crippen molar-refractivity contribution in [3.63, 3.8) is 0 Å². The number of carbonyl (C=O) groups excluding carboxylic acids is 2. The first-order chi connectivity index (χ1) is 10.9. The van der Waals surface area contributed by atoms with Crippen molar-refractivity contribution in [1.29, 1.82) is 0 Å². The normalized spacial score (nSPS) is 16.0. The van der Waals surface area contributed by atoms with Crippen LogP contribution in [0, 0.1) is 5.41 Å². The molecule has 23 heavy (non-hydrogen) atoms. The lowest BCUT2D eigenvalue weighted by Gasteiger charge is -2.29. The van der Waals surface area contributed by atoms with Crippen molar-refractivity contribution in [2.45, 2.75) is 40.0 Å². The molecule has 1 amide bonds. The number of benzene rings is 1. The number of aryl methyl sites for hydroxylation is 1. The van der Waals surface area contributed by atoms with Gasteiger partial charge in [0.2, 0.25) is 0 Å². The van der Waals surface area contributed by atoms with Crippen LogP contribution in [0.3, 0.4) is 0 Å². The van der Waals surface area contributed by atoms with Crippen LogP contribution in [0.5, 0.6) is 0 Å². The molecule has 5 nitrogen and oxygen atoms in total. The Kier molecular flexibility index (Phi) is 3.80. The molecule has 1 aliphatic carbocycles. The second-order valence-electron chi connectivity index (χ2n) is 6.78. The third-order valence-corrected chi connectivity index (χ3v) is 4.20. The van der Waals surface area contributed by atoms with Crippen molar-refractivity contribution in [2.75, 3.05) is 5.43 Å². The van der Waals surface area contributed by atoms with E-state index in [0.717, 1.165) is 17.8 Å². The number of fused-ring (bicyclic) bond motifs is 1. The van der Waals surface area contributed by atoms with Gasteiger partial charge in [0.25, 0.3) is 5.91 Å². The van der Waals surface area contributed by atoms with E-state index in [2.05, 4.69) is 24.4 Å². The Balaban J connectivity index is 1.98. The van der Waals surface area contributed by atoms with E-state index in [1.54, 1.807) is 12.1 Å². The third-order valence-electron chi connectivity index (χ3n) is 4.20. The summed E-state index contributed by atoms with van der Waals surface area (Å²) in [6.07, 6.45) is 1.91. The lowest BCUT2D eigenvalue weighted by molar-refractivity contribution is 0.0905. The summed E-state index contributed by atoms with van der Waals surface area (Å²) in [4.78, 5) is 26.4. The van der Waals surface area contributed by atoms with E-state index in [-0.39, 0.29) is 17.1 Å². The van der Waals surface area contributed by atoms with Crippen LogP contribution in [0.2, 0.25) is 0 Å². The molecule has 3 rings (SSSR count). The lowest BCUT2D eigenvalue weighted by atomic mass is 9.75. The first kappa shape index (κ1) is 15.5. The topological polar surface area (TPSA) is 64.0 Å². The molecule has 5 heteroatoms. The summed E-state index contributed by atoms with van der Waals surface area (Å²) in [6, 6.07) is 9.00. The van der Waals surface area contributed by atoms with Crippen LogP contribution in [0.1, 0.15) is 59.3 Å². The SMILES string of the molecule is CCc1nn(NC(=O)c2ccccc2)c2c1C(=O)CC(C)(C)C2. The third kappa shape index (κ3) is 2.91. The van der Waals surface area contributed by atoms with Gasteiger partial charge >= 0.3 is 0 Å². The standard InChI is InChI=1S/C18H21N3O2/c1-4-13-16-14(10-18(2,3)11-15(16)22)21(19-13)20-17(23)12-8-6-5-7-9-12/h5-9H,4,10-11H2,1-3H3,(H,20,23). The number of carbonyl (C=O) groups is 2. The molecule has 0 saturated heterocycles. The number of hydrogen-bond acceptors (Lipinski definition) is 3. The van der Waals surface area contributed by atoms with Crippen molar-refractivity contribution < 1.29 is 9.59 Å². The molecule has 1 aromatic heterocycles. The molecule has 120 valence electrons. The highest BCUT2D eigenvalue weighted by Crippen LogP contribution is 2.36. The van der Waals surface area contributed by atoms with Gasteiger partial charge < -0.3 is 0 Å². The number of nitrogens with zero attached hydrogens (tertiary/aromatic N) is 2. The quantitative estimate of drug-likeness (QED) is 0.947. The van der Waals surface area contributed by atoms with Gasteiger partial charge in [0.15, 0.2) is 5.78 Å². The average Bonchev–Trinajstić information content (AvgIpc) is 2.84. The number of rotatable bonds is 3. The Bertz CT molecular complexity index is 760. The summed E-state index contributed by atoms with van der Waals surface area (Å²) in [5, 5.41) is 4.46. The van der Waals surface area contributed by atoms with Gasteiger partial charge in [0.05, 0.1) is 17.0 Å². The molecule has 1 heterocycles. The van der Waals surface area contributed by atoms with Gasteiger partial charge in [-0.1, -0.05) is 39.0 Å². The lowest BCUT2D eigenvalue weighted by Crippen LogP contribution is -2.32. The van der Waals surface area contributed by atoms with Crippen molar-refractivity contribution in [1.82, 2.24) is 9.89 Å². The summed E-state index contributed by atoms with van der Waals surface area (Å²) in [5.41, 5.74) is 5.52. The van der Waals surface area contributed by atoms with Crippen molar-refractivity contribution in [2.24, 2.45) is 5.41 Å². The van der Waals surface area contributed by atoms with E-state index in [0.29, 0.717) is 24.0 Å². The maximum Gasteiger partial charge on any atom is 0.271 e. The Morgan fingerprint density at radius 1 is 1.26 bits per heavy atom. The summed E-state index contributed by atoms with van der Waals surface area (Å²) in [5.74, 6) is -0.109. The van der Waals surface area contributed by atoms with Gasteiger partial charge in [-0.25, -0.2) is 5.43 Å². The molecule has 0 radical (unpaired) electrons. The summed E-state index contributed by atoms with van der Waals surface area (Å²) in [6.45, 7) is 6.10. The number of aromatic nitrogens is 2. The number of hydrogen-bond donors (Lipinski definition) is 1. The van der Waals surface area contributed by atoms with E-state index in [4.69, 9.17) is 0 Å². The minimum atomic E-state index is -0.227. The Hall–Kier alpha value is -2.43. The van der Waals surface area contributed by atoms with Gasteiger partial charge in [0, 0.05) is 12.0 Å². The zero-order valence-electron chi connectivity index (χ0n) is 13.7. The van der Waals surface area contributed by atoms with E-state index in [1.165, 1.54) is 4.79 Å². The maximum atomic E-state index is 12.5. The van der Waals surface area contributed by atoms with Gasteiger partial charge in [-0.05, 0) is 30.4 Å². The number of ketones is 1. The largest absolute Gasteiger partial charge is 0.294 e. The predicted molar refractivity (Wildman–Crippen MR) is 88.2 cm³/mol. The molecule has 0 fully saturated rings. The molecule has 1 aromatic carbocycles. The van der Waals surface area contributed by atoms with Gasteiger partial charge in [-0.2, -0.15) is 9.89 Å². The summed E-state index contributed by atoms with van der Waals surface area (Å²) < 4.78 is 0. The van der Waals surface area contributed by atoms with Crippen LogP contribution in [0.4, 0.5) is 0 Å². The fourth-order valence-corrected chi connectivity index (χ4v) is 3.12. The van der Waals surface area contributed by atoms with Crippen LogP contribution < -0.4 is 5.43 Å². The molecule has 0 unspecified atom stereocenters. The molecule has 0 aliphatic heterocycles. The molecule has 0 atom stereocenters. The Morgan fingerprint density at radius 2 is 1.96 bits per heavy atom. The molecule has 2 aromatic rings. The zero-order chi connectivity index (χ0) is 16.6. The van der Waals surface area contributed by atoms with E-state index in [9.17, 15) is 9.59 Å². The van der Waals surface area contributed by atoms with Crippen LogP contribution >= 0.6 is 0 Å². The second kappa shape index (κ2) is 5.65. The minimum absolute atomic E-state index is 0.119. The molecule has 0 bridgehead atoms. The smallest absolute Gasteiger partial charge is 0.271 e. The van der Waals surface area contributed by atoms with Crippen molar-refractivity contribution in [3.8, 4) is 0 Å². The number of nitrogens with one attached hydrogen (secondary N) is 1. The van der Waals surface area contributed by atoms with Crippen LogP contribution in [-0.2, 0) is 12.8 Å². The van der Waals surface area contributed by atoms with Crippen LogP contribution in [-0.4, -0.2) is 21.6 Å². The fourth-order valence-electron chi connectivity index (χ4n) is 3.12. The molecular weight excluding hydrogens is 290 g/mol. The Morgan fingerprint density at radius 3 is 2.61 bits per heavy atom. The summed E-state index contributed by atoms with van der Waals surface area (Å²) >= 11 is 0. The molecule has 0 saturated carbocycles. The fraction of sp³-hybridized carbons (Fsp3) is 0.389. The number of amides is 1. The number of Topliss-reactive ketones (excluding diaryl/α,β-unsaturated/α-hetero) is 1. The van der Waals surface area contributed by atoms with Crippen molar-refractivity contribution >= 4 is 11.7 Å². The molecule has 1 aliphatic rings. The maximum absolute atomic E-state index is 12.5. The van der Waals surface area contributed by atoms with Crippen LogP contribution in [0.15, 0.2) is 30.3 Å². The van der Waals surface area contributed by atoms with Gasteiger partial charge in [-0.3, -0.25) is 9.59 Å². The highest BCUT2D eigenvalue weighted by Gasteiger charge is 2.36.